The van der Waals surface area contributed by atoms with Gasteiger partial charge in [-0.2, -0.15) is 0 Å². The van der Waals surface area contributed by atoms with E-state index in [0.717, 1.165) is 16.0 Å². The Hall–Kier alpha value is -3.95. The molecule has 0 aromatic heterocycles. The van der Waals surface area contributed by atoms with E-state index in [2.05, 4.69) is 16.0 Å². The van der Waals surface area contributed by atoms with Crippen molar-refractivity contribution in [3.8, 4) is 0 Å². The lowest BCUT2D eigenvalue weighted by molar-refractivity contribution is -0.140. The topological polar surface area (TPSA) is 123 Å². The zero-order valence-corrected chi connectivity index (χ0v) is 21.8. The number of nitrogens with two attached hydrogens (primary N) is 1. The van der Waals surface area contributed by atoms with Crippen LogP contribution < -0.4 is 21.7 Å². The lowest BCUT2D eigenvalue weighted by atomic mass is 9.92. The number of nitrogen functional groups attached to an aromatic ring is 1. The number of urea groups is 1. The molecule has 5 N–H and O–H groups in total. The maximum atomic E-state index is 13.6. The molecule has 8 nitrogen and oxygen atoms in total. The summed E-state index contributed by atoms with van der Waals surface area (Å²) in [7, 11) is 0. The second kappa shape index (κ2) is 11.2. The Balaban J connectivity index is 1.49. The van der Waals surface area contributed by atoms with Gasteiger partial charge in [0.15, 0.2) is 0 Å². The van der Waals surface area contributed by atoms with Gasteiger partial charge in [-0.3, -0.25) is 4.79 Å². The van der Waals surface area contributed by atoms with Gasteiger partial charge in [0.2, 0.25) is 5.91 Å². The SMILES string of the molecule is Nc1cccc(COC(=O)C2=C(CCc3ccccc3Cl)NC(=O)N[C@H]2c2ccc3c(c2)NC(=O)CS3)c1. The van der Waals surface area contributed by atoms with Gasteiger partial charge in [-0.05, 0) is 59.9 Å². The van der Waals surface area contributed by atoms with E-state index in [9.17, 15) is 14.4 Å². The van der Waals surface area contributed by atoms with Crippen LogP contribution in [0.3, 0.4) is 0 Å². The van der Waals surface area contributed by atoms with Crippen molar-refractivity contribution in [2.75, 3.05) is 16.8 Å². The maximum absolute atomic E-state index is 13.6. The Morgan fingerprint density at radius 1 is 1.03 bits per heavy atom. The third-order valence-corrected chi connectivity index (χ3v) is 7.71. The number of ether oxygens (including phenoxy) is 1. The zero-order chi connectivity index (χ0) is 26.6. The number of anilines is 2. The number of hydrogen-bond donors (Lipinski definition) is 4. The third kappa shape index (κ3) is 5.79. The summed E-state index contributed by atoms with van der Waals surface area (Å²) in [4.78, 5) is 39.2. The van der Waals surface area contributed by atoms with Crippen LogP contribution in [0.1, 0.15) is 29.2 Å². The van der Waals surface area contributed by atoms with Crippen LogP contribution in [0.15, 0.2) is 82.9 Å². The molecule has 1 atom stereocenters. The van der Waals surface area contributed by atoms with Gasteiger partial charge in [0, 0.05) is 21.3 Å². The van der Waals surface area contributed by atoms with Gasteiger partial charge < -0.3 is 26.4 Å². The van der Waals surface area contributed by atoms with Gasteiger partial charge in [-0.15, -0.1) is 11.8 Å². The largest absolute Gasteiger partial charge is 0.457 e. The zero-order valence-electron chi connectivity index (χ0n) is 20.3. The first-order valence-corrected chi connectivity index (χ1v) is 13.4. The molecule has 0 radical (unpaired) electrons. The van der Waals surface area contributed by atoms with Crippen molar-refractivity contribution in [1.82, 2.24) is 10.6 Å². The molecule has 2 heterocycles. The third-order valence-electron chi connectivity index (χ3n) is 6.27. The summed E-state index contributed by atoms with van der Waals surface area (Å²) < 4.78 is 5.70. The van der Waals surface area contributed by atoms with Crippen LogP contribution in [0.4, 0.5) is 16.2 Å². The minimum absolute atomic E-state index is 0.0166. The van der Waals surface area contributed by atoms with Crippen LogP contribution in [0.25, 0.3) is 0 Å². The molecule has 0 unspecified atom stereocenters. The lowest BCUT2D eigenvalue weighted by Gasteiger charge is -2.30. The Morgan fingerprint density at radius 3 is 2.68 bits per heavy atom. The Morgan fingerprint density at radius 2 is 1.87 bits per heavy atom. The number of carbonyl (C=O) groups is 3. The summed E-state index contributed by atoms with van der Waals surface area (Å²) in [6.45, 7) is 0.0166. The molecule has 10 heteroatoms. The molecule has 0 saturated carbocycles. The number of allylic oxidation sites excluding steroid dienone is 1. The van der Waals surface area contributed by atoms with Crippen molar-refractivity contribution in [1.29, 1.82) is 0 Å². The van der Waals surface area contributed by atoms with E-state index in [-0.39, 0.29) is 18.1 Å². The number of esters is 1. The number of benzene rings is 3. The fraction of sp³-hybridized carbons (Fsp3) is 0.179. The van der Waals surface area contributed by atoms with Gasteiger partial charge in [-0.25, -0.2) is 9.59 Å². The molecule has 194 valence electrons. The normalized spacial score (nSPS) is 16.7. The van der Waals surface area contributed by atoms with Crippen LogP contribution in [0.2, 0.25) is 5.02 Å². The summed E-state index contributed by atoms with van der Waals surface area (Å²) >= 11 is 7.79. The van der Waals surface area contributed by atoms with Crippen LogP contribution in [-0.2, 0) is 27.4 Å². The van der Waals surface area contributed by atoms with Crippen molar-refractivity contribution in [2.24, 2.45) is 0 Å². The van der Waals surface area contributed by atoms with E-state index in [0.29, 0.717) is 46.3 Å². The van der Waals surface area contributed by atoms with E-state index >= 15 is 0 Å². The summed E-state index contributed by atoms with van der Waals surface area (Å²) in [5.41, 5.74) is 10.1. The summed E-state index contributed by atoms with van der Waals surface area (Å²) in [6, 6.07) is 18.8. The smallest absolute Gasteiger partial charge is 0.338 e. The van der Waals surface area contributed by atoms with E-state index < -0.39 is 18.0 Å². The van der Waals surface area contributed by atoms with Gasteiger partial charge in [0.1, 0.15) is 6.61 Å². The molecule has 3 aromatic carbocycles. The second-order valence-corrected chi connectivity index (χ2v) is 10.4. The van der Waals surface area contributed by atoms with Crippen molar-refractivity contribution in [3.63, 3.8) is 0 Å². The van der Waals surface area contributed by atoms with Crippen LogP contribution in [0.5, 0.6) is 0 Å². The van der Waals surface area contributed by atoms with E-state index in [1.165, 1.54) is 11.8 Å². The van der Waals surface area contributed by atoms with Crippen molar-refractivity contribution in [2.45, 2.75) is 30.4 Å². The average molecular weight is 549 g/mol. The number of carbonyl (C=O) groups excluding carboxylic acids is 3. The number of thioether (sulfide) groups is 1. The second-order valence-electron chi connectivity index (χ2n) is 8.93. The van der Waals surface area contributed by atoms with Crippen molar-refractivity contribution < 1.29 is 19.1 Å². The van der Waals surface area contributed by atoms with Gasteiger partial charge in [0.25, 0.3) is 0 Å². The summed E-state index contributed by atoms with van der Waals surface area (Å²) in [5.74, 6) is -0.341. The fourth-order valence-corrected chi connectivity index (χ4v) is 5.48. The van der Waals surface area contributed by atoms with Crippen LogP contribution in [-0.4, -0.2) is 23.7 Å². The average Bonchev–Trinajstić information content (AvgIpc) is 2.90. The Bertz CT molecular complexity index is 1460. The molecule has 0 spiro atoms. The molecule has 0 bridgehead atoms. The van der Waals surface area contributed by atoms with E-state index in [4.69, 9.17) is 22.1 Å². The molecule has 38 heavy (non-hydrogen) atoms. The number of aryl methyl sites for hydroxylation is 1. The predicted octanol–water partition coefficient (Wildman–Crippen LogP) is 4.95. The number of nitrogens with one attached hydrogen (secondary N) is 3. The minimum Gasteiger partial charge on any atom is -0.457 e. The molecule has 2 aliphatic heterocycles. The van der Waals surface area contributed by atoms with Crippen molar-refractivity contribution >= 4 is 52.6 Å². The Kier molecular flexibility index (Phi) is 7.57. The number of amides is 3. The van der Waals surface area contributed by atoms with Crippen molar-refractivity contribution in [3.05, 3.63) is 99.7 Å². The number of rotatable bonds is 7. The number of halogens is 1. The Labute approximate surface area is 229 Å². The minimum atomic E-state index is -0.785. The standard InChI is InChI=1S/C28H25ClN4O4S/c29-20-7-2-1-5-17(20)8-10-21-25(27(35)37-14-16-4-3-6-19(30)12-16)26(33-28(36)32-21)18-9-11-23-22(13-18)31-24(34)15-38-23/h1-7,9,11-13,26H,8,10,14-15,30H2,(H,31,34)(H2,32,33,36)/t26-/m0/s1. The summed E-state index contributed by atoms with van der Waals surface area (Å²) in [5, 5.41) is 9.13. The molecule has 3 aromatic rings. The highest BCUT2D eigenvalue weighted by Gasteiger charge is 2.34. The first-order chi connectivity index (χ1) is 18.4. The monoisotopic (exact) mass is 548 g/mol. The molecule has 0 aliphatic carbocycles. The lowest BCUT2D eigenvalue weighted by Crippen LogP contribution is -2.46. The van der Waals surface area contributed by atoms with E-state index in [1.807, 2.05) is 36.4 Å². The molecular weight excluding hydrogens is 524 g/mol. The van der Waals surface area contributed by atoms with E-state index in [1.54, 1.807) is 30.3 Å². The number of fused-ring (bicyclic) bond motifs is 1. The van der Waals surface area contributed by atoms with Gasteiger partial charge >= 0.3 is 12.0 Å². The first kappa shape index (κ1) is 25.7. The highest BCUT2D eigenvalue weighted by atomic mass is 35.5. The maximum Gasteiger partial charge on any atom is 0.338 e. The van der Waals surface area contributed by atoms with Gasteiger partial charge in [-0.1, -0.05) is 48.0 Å². The summed E-state index contributed by atoms with van der Waals surface area (Å²) in [6.07, 6.45) is 0.860. The molecule has 2 aliphatic rings. The molecule has 0 saturated heterocycles. The van der Waals surface area contributed by atoms with Gasteiger partial charge in [0.05, 0.1) is 23.1 Å². The molecule has 3 amide bonds. The fourth-order valence-electron chi connectivity index (χ4n) is 4.46. The first-order valence-electron chi connectivity index (χ1n) is 12.0. The quantitative estimate of drug-likeness (QED) is 0.245. The molecular formula is C28H25ClN4O4S. The molecule has 5 rings (SSSR count). The molecule has 0 fully saturated rings. The highest BCUT2D eigenvalue weighted by Crippen LogP contribution is 2.37. The predicted molar refractivity (Wildman–Crippen MR) is 148 cm³/mol. The van der Waals surface area contributed by atoms with Crippen LogP contribution in [0, 0.1) is 0 Å². The highest BCUT2D eigenvalue weighted by molar-refractivity contribution is 8.00. The number of hydrogen-bond acceptors (Lipinski definition) is 6. The van der Waals surface area contributed by atoms with Crippen LogP contribution >= 0.6 is 23.4 Å².